The van der Waals surface area contributed by atoms with E-state index in [0.29, 0.717) is 32.0 Å². The Kier molecular flexibility index (Phi) is 10.7. The zero-order valence-electron chi connectivity index (χ0n) is 20.3. The first kappa shape index (κ1) is 26.7. The molecule has 0 bridgehead atoms. The number of ether oxygens (including phenoxy) is 2. The number of carbonyl (C=O) groups is 2. The molecule has 33 heavy (non-hydrogen) atoms. The molecular weight excluding hydrogens is 434 g/mol. The number of benzene rings is 2. The van der Waals surface area contributed by atoms with Crippen LogP contribution >= 0.6 is 11.8 Å². The Hall–Kier alpha value is -2.57. The van der Waals surface area contributed by atoms with Crippen LogP contribution in [0.5, 0.6) is 5.75 Å². The summed E-state index contributed by atoms with van der Waals surface area (Å²) in [7, 11) is 0. The largest absolute Gasteiger partial charge is 0.488 e. The predicted molar refractivity (Wildman–Crippen MR) is 136 cm³/mol. The van der Waals surface area contributed by atoms with Crippen molar-refractivity contribution in [3.8, 4) is 5.75 Å². The molecule has 0 unspecified atom stereocenters. The zero-order valence-corrected chi connectivity index (χ0v) is 21.1. The average Bonchev–Trinajstić information content (AvgIpc) is 2.73. The normalized spacial score (nSPS) is 12.0. The highest BCUT2D eigenvalue weighted by atomic mass is 32.2. The molecule has 2 aromatic rings. The minimum atomic E-state index is -0.361. The fourth-order valence-corrected chi connectivity index (χ4v) is 3.89. The zero-order chi connectivity index (χ0) is 24.3. The number of hydrogen-bond donors (Lipinski definition) is 0. The number of thioether (sulfide) groups is 1. The first-order valence-electron chi connectivity index (χ1n) is 11.2. The van der Waals surface area contributed by atoms with E-state index in [1.807, 2.05) is 63.2 Å². The van der Waals surface area contributed by atoms with Gasteiger partial charge in [-0.1, -0.05) is 54.2 Å². The van der Waals surface area contributed by atoms with E-state index < -0.39 is 0 Å². The van der Waals surface area contributed by atoms with Crippen LogP contribution in [0.2, 0.25) is 0 Å². The molecule has 0 saturated carbocycles. The van der Waals surface area contributed by atoms with Crippen molar-refractivity contribution >= 4 is 28.4 Å². The fraction of sp³-hybridized carbons (Fsp3) is 0.407. The lowest BCUT2D eigenvalue weighted by Gasteiger charge is -2.24. The van der Waals surface area contributed by atoms with Gasteiger partial charge in [-0.3, -0.25) is 9.69 Å². The molecule has 5 nitrogen and oxygen atoms in total. The second kappa shape index (κ2) is 13.2. The molecule has 2 aromatic carbocycles. The molecule has 0 aromatic heterocycles. The van der Waals surface area contributed by atoms with Gasteiger partial charge in [-0.2, -0.15) is 0 Å². The molecule has 0 fully saturated rings. The van der Waals surface area contributed by atoms with Gasteiger partial charge >= 0.3 is 5.97 Å². The maximum Gasteiger partial charge on any atom is 0.331 e. The smallest absolute Gasteiger partial charge is 0.331 e. The van der Waals surface area contributed by atoms with Crippen LogP contribution in [0.3, 0.4) is 0 Å². The van der Waals surface area contributed by atoms with E-state index in [4.69, 9.17) is 9.47 Å². The molecule has 0 atom stereocenters. The van der Waals surface area contributed by atoms with Crippen molar-refractivity contribution in [2.24, 2.45) is 0 Å². The number of carbonyl (C=O) groups excluding carboxylic acids is 2. The molecule has 0 spiro atoms. The lowest BCUT2D eigenvalue weighted by molar-refractivity contribution is -0.137. The number of esters is 1. The van der Waals surface area contributed by atoms with E-state index >= 15 is 0 Å². The van der Waals surface area contributed by atoms with Crippen LogP contribution < -0.4 is 4.74 Å². The van der Waals surface area contributed by atoms with Crippen LogP contribution in [0.25, 0.3) is 5.57 Å². The molecule has 0 saturated heterocycles. The van der Waals surface area contributed by atoms with Gasteiger partial charge < -0.3 is 9.47 Å². The van der Waals surface area contributed by atoms with E-state index in [1.54, 1.807) is 19.9 Å². The Labute approximate surface area is 202 Å². The van der Waals surface area contributed by atoms with Gasteiger partial charge in [0.05, 0.1) is 6.61 Å². The average molecular weight is 470 g/mol. The Morgan fingerprint density at radius 1 is 1.03 bits per heavy atom. The third-order valence-electron chi connectivity index (χ3n) is 4.58. The van der Waals surface area contributed by atoms with E-state index in [9.17, 15) is 9.59 Å². The summed E-state index contributed by atoms with van der Waals surface area (Å²) in [6.45, 7) is 11.7. The van der Waals surface area contributed by atoms with Crippen LogP contribution in [0.15, 0.2) is 60.7 Å². The Bertz CT molecular complexity index is 917. The summed E-state index contributed by atoms with van der Waals surface area (Å²) in [4.78, 5) is 26.0. The van der Waals surface area contributed by atoms with Crippen LogP contribution in [0.1, 0.15) is 45.7 Å². The van der Waals surface area contributed by atoms with Gasteiger partial charge in [-0.05, 0) is 56.5 Å². The molecule has 0 radical (unpaired) electrons. The van der Waals surface area contributed by atoms with Crippen molar-refractivity contribution in [3.63, 3.8) is 0 Å². The third-order valence-corrected chi connectivity index (χ3v) is 5.38. The van der Waals surface area contributed by atoms with Gasteiger partial charge in [0, 0.05) is 38.4 Å². The highest BCUT2D eigenvalue weighted by molar-refractivity contribution is 8.13. The van der Waals surface area contributed by atoms with E-state index in [2.05, 4.69) is 17.0 Å². The number of nitrogens with zero attached hydrogens (tertiary/aromatic N) is 1. The summed E-state index contributed by atoms with van der Waals surface area (Å²) < 4.78 is 11.1. The second-order valence-electron chi connectivity index (χ2n) is 8.70. The maximum absolute atomic E-state index is 12.3. The topological polar surface area (TPSA) is 55.8 Å². The van der Waals surface area contributed by atoms with E-state index in [1.165, 1.54) is 17.3 Å². The predicted octanol–water partition coefficient (Wildman–Crippen LogP) is 5.59. The quantitative estimate of drug-likeness (QED) is 0.316. The minimum Gasteiger partial charge on any atom is -0.488 e. The Morgan fingerprint density at radius 2 is 1.70 bits per heavy atom. The van der Waals surface area contributed by atoms with E-state index in [-0.39, 0.29) is 16.7 Å². The molecule has 0 N–H and O–H groups in total. The van der Waals surface area contributed by atoms with Gasteiger partial charge in [0.15, 0.2) is 5.12 Å². The van der Waals surface area contributed by atoms with Crippen molar-refractivity contribution in [2.45, 2.75) is 46.8 Å². The fourth-order valence-electron chi connectivity index (χ4n) is 3.25. The van der Waals surface area contributed by atoms with Crippen molar-refractivity contribution in [1.29, 1.82) is 0 Å². The summed E-state index contributed by atoms with van der Waals surface area (Å²) >= 11 is 1.31. The van der Waals surface area contributed by atoms with Gasteiger partial charge in [0.2, 0.25) is 0 Å². The first-order chi connectivity index (χ1) is 15.7. The van der Waals surface area contributed by atoms with Gasteiger partial charge in [-0.25, -0.2) is 4.79 Å². The summed E-state index contributed by atoms with van der Waals surface area (Å²) in [6, 6.07) is 18.0. The van der Waals surface area contributed by atoms with Crippen molar-refractivity contribution < 1.29 is 19.1 Å². The molecule has 0 aliphatic carbocycles. The van der Waals surface area contributed by atoms with Crippen LogP contribution in [0.4, 0.5) is 0 Å². The molecule has 0 amide bonds. The monoisotopic (exact) mass is 469 g/mol. The van der Waals surface area contributed by atoms with Gasteiger partial charge in [-0.15, -0.1) is 0 Å². The summed E-state index contributed by atoms with van der Waals surface area (Å²) in [5.41, 5.74) is 2.68. The highest BCUT2D eigenvalue weighted by Crippen LogP contribution is 2.24. The summed E-state index contributed by atoms with van der Waals surface area (Å²) in [6.07, 6.45) is 1.57. The molecule has 0 heterocycles. The molecule has 0 aliphatic rings. The van der Waals surface area contributed by atoms with Crippen LogP contribution in [-0.4, -0.2) is 47.0 Å². The van der Waals surface area contributed by atoms with Crippen molar-refractivity contribution in [1.82, 2.24) is 4.90 Å². The maximum atomic E-state index is 12.3. The molecule has 178 valence electrons. The van der Waals surface area contributed by atoms with Gasteiger partial charge in [0.25, 0.3) is 0 Å². The van der Waals surface area contributed by atoms with Crippen LogP contribution in [0, 0.1) is 0 Å². The molecular formula is C27H35NO4S. The minimum absolute atomic E-state index is 0.103. The van der Waals surface area contributed by atoms with E-state index in [0.717, 1.165) is 16.9 Å². The lowest BCUT2D eigenvalue weighted by Crippen LogP contribution is -2.28. The standard InChI is InChI=1S/C27H35NO4S/c1-6-31-26(30)18-24(23-12-14-25(15-13-23)32-27(3,4)5)20-28(16-17-33-21(2)29)19-22-10-8-7-9-11-22/h7-15,18H,6,16-17,19-20H2,1-5H3/b24-18-. The molecule has 6 heteroatoms. The highest BCUT2D eigenvalue weighted by Gasteiger charge is 2.15. The summed E-state index contributed by atoms with van der Waals surface area (Å²) in [5.74, 6) is 1.11. The van der Waals surface area contributed by atoms with Crippen molar-refractivity contribution in [2.75, 3.05) is 25.4 Å². The van der Waals surface area contributed by atoms with Gasteiger partial charge in [0.1, 0.15) is 11.4 Å². The Morgan fingerprint density at radius 3 is 2.27 bits per heavy atom. The SMILES string of the molecule is CCOC(=O)/C=C(/CN(CCSC(C)=O)Cc1ccccc1)c1ccc(OC(C)(C)C)cc1. The molecule has 2 rings (SSSR count). The lowest BCUT2D eigenvalue weighted by atomic mass is 10.0. The number of hydrogen-bond acceptors (Lipinski definition) is 6. The number of rotatable bonds is 11. The van der Waals surface area contributed by atoms with Crippen molar-refractivity contribution in [3.05, 3.63) is 71.8 Å². The Balaban J connectivity index is 2.28. The summed E-state index contributed by atoms with van der Waals surface area (Å²) in [5, 5.41) is 0.103. The third kappa shape index (κ3) is 10.7. The molecule has 0 aliphatic heterocycles. The second-order valence-corrected chi connectivity index (χ2v) is 9.97. The van der Waals surface area contributed by atoms with Crippen LogP contribution in [-0.2, 0) is 20.9 Å². The first-order valence-corrected chi connectivity index (χ1v) is 12.2.